The van der Waals surface area contributed by atoms with Gasteiger partial charge in [0.25, 0.3) is 0 Å². The fourth-order valence-electron chi connectivity index (χ4n) is 2.95. The molecular formula is C17H23N5O. The molecule has 122 valence electrons. The number of carbonyl (C=O) groups is 1. The molecule has 0 spiro atoms. The number of nitrogens with zero attached hydrogens (tertiary/aromatic N) is 3. The van der Waals surface area contributed by atoms with Crippen molar-refractivity contribution in [3.05, 3.63) is 41.6 Å². The number of aromatic nitrogens is 2. The largest absolute Gasteiger partial charge is 0.366 e. The molecule has 0 atom stereocenters. The lowest BCUT2D eigenvalue weighted by Gasteiger charge is -2.31. The Morgan fingerprint density at radius 2 is 1.87 bits per heavy atom. The summed E-state index contributed by atoms with van der Waals surface area (Å²) in [7, 11) is 0. The zero-order chi connectivity index (χ0) is 16.4. The van der Waals surface area contributed by atoms with Gasteiger partial charge in [-0.3, -0.25) is 0 Å². The second-order valence-electron chi connectivity index (χ2n) is 6.16. The molecule has 23 heavy (non-hydrogen) atoms. The molecule has 6 heteroatoms. The summed E-state index contributed by atoms with van der Waals surface area (Å²) in [6.07, 6.45) is 1.78. The lowest BCUT2D eigenvalue weighted by molar-refractivity contribution is 0.193. The van der Waals surface area contributed by atoms with Crippen molar-refractivity contribution in [2.24, 2.45) is 5.73 Å². The van der Waals surface area contributed by atoms with Gasteiger partial charge in [0.2, 0.25) is 0 Å². The number of primary amides is 1. The van der Waals surface area contributed by atoms with Crippen molar-refractivity contribution >= 4 is 11.8 Å². The first-order chi connectivity index (χ1) is 11.0. The number of likely N-dealkylation sites (tertiary alicyclic amines) is 1. The van der Waals surface area contributed by atoms with E-state index in [0.717, 1.165) is 30.0 Å². The molecule has 0 bridgehead atoms. The van der Waals surface area contributed by atoms with E-state index in [4.69, 9.17) is 5.73 Å². The fraction of sp³-hybridized carbons (Fsp3) is 0.412. The number of aryl methyl sites for hydroxylation is 2. The standard InChI is InChI=1S/C17H23N5O/c1-12-3-5-15(6-4-12)22-13(2)11-16(20-22)19-14-7-9-21(10-8-14)17(18)23/h3-6,11,14H,7-10H2,1-2H3,(H2,18,23)(H,19,20). The number of nitrogens with one attached hydrogen (secondary N) is 1. The Kier molecular flexibility index (Phi) is 4.23. The van der Waals surface area contributed by atoms with Gasteiger partial charge in [-0.25, -0.2) is 9.48 Å². The Labute approximate surface area is 136 Å². The highest BCUT2D eigenvalue weighted by molar-refractivity contribution is 5.72. The van der Waals surface area contributed by atoms with Crippen LogP contribution in [-0.4, -0.2) is 39.8 Å². The zero-order valence-corrected chi connectivity index (χ0v) is 13.6. The number of rotatable bonds is 3. The average Bonchev–Trinajstić information content (AvgIpc) is 2.89. The highest BCUT2D eigenvalue weighted by atomic mass is 16.2. The minimum atomic E-state index is -0.331. The average molecular weight is 313 g/mol. The number of anilines is 1. The Bertz CT molecular complexity index is 684. The van der Waals surface area contributed by atoms with E-state index in [2.05, 4.69) is 47.7 Å². The molecule has 0 radical (unpaired) electrons. The van der Waals surface area contributed by atoms with E-state index in [9.17, 15) is 4.79 Å². The highest BCUT2D eigenvalue weighted by Crippen LogP contribution is 2.19. The van der Waals surface area contributed by atoms with E-state index in [-0.39, 0.29) is 6.03 Å². The molecule has 1 aliphatic heterocycles. The number of piperidine rings is 1. The van der Waals surface area contributed by atoms with Crippen LogP contribution in [0.1, 0.15) is 24.1 Å². The lowest BCUT2D eigenvalue weighted by Crippen LogP contribution is -2.44. The predicted octanol–water partition coefficient (Wildman–Crippen LogP) is 2.44. The summed E-state index contributed by atoms with van der Waals surface area (Å²) in [6, 6.07) is 10.4. The number of hydrogen-bond donors (Lipinski definition) is 2. The van der Waals surface area contributed by atoms with Crippen LogP contribution in [0.4, 0.5) is 10.6 Å². The fourth-order valence-corrected chi connectivity index (χ4v) is 2.95. The predicted molar refractivity (Wildman–Crippen MR) is 90.8 cm³/mol. The van der Waals surface area contributed by atoms with Crippen LogP contribution in [0.3, 0.4) is 0 Å². The van der Waals surface area contributed by atoms with Crippen molar-refractivity contribution in [3.8, 4) is 5.69 Å². The summed E-state index contributed by atoms with van der Waals surface area (Å²) in [5, 5.41) is 8.13. The molecule has 1 aromatic heterocycles. The van der Waals surface area contributed by atoms with Crippen molar-refractivity contribution in [1.82, 2.24) is 14.7 Å². The van der Waals surface area contributed by atoms with E-state index in [1.807, 2.05) is 11.6 Å². The van der Waals surface area contributed by atoms with Gasteiger partial charge in [-0.1, -0.05) is 17.7 Å². The van der Waals surface area contributed by atoms with Crippen molar-refractivity contribution < 1.29 is 4.79 Å². The summed E-state index contributed by atoms with van der Waals surface area (Å²) in [5.74, 6) is 0.876. The number of urea groups is 1. The maximum absolute atomic E-state index is 11.2. The van der Waals surface area contributed by atoms with Gasteiger partial charge in [0.1, 0.15) is 5.82 Å². The van der Waals surface area contributed by atoms with Gasteiger partial charge in [0, 0.05) is 30.9 Å². The Morgan fingerprint density at radius 3 is 2.48 bits per heavy atom. The smallest absolute Gasteiger partial charge is 0.314 e. The molecule has 3 rings (SSSR count). The van der Waals surface area contributed by atoms with Crippen molar-refractivity contribution in [2.45, 2.75) is 32.7 Å². The van der Waals surface area contributed by atoms with E-state index >= 15 is 0 Å². The number of benzene rings is 1. The van der Waals surface area contributed by atoms with Gasteiger partial charge < -0.3 is 16.0 Å². The highest BCUT2D eigenvalue weighted by Gasteiger charge is 2.21. The molecular weight excluding hydrogens is 290 g/mol. The molecule has 1 saturated heterocycles. The minimum absolute atomic E-state index is 0.325. The molecule has 6 nitrogen and oxygen atoms in total. The number of nitrogens with two attached hydrogens (primary N) is 1. The summed E-state index contributed by atoms with van der Waals surface area (Å²) in [4.78, 5) is 12.8. The van der Waals surface area contributed by atoms with Gasteiger partial charge in [0.15, 0.2) is 0 Å². The van der Waals surface area contributed by atoms with E-state index in [0.29, 0.717) is 19.1 Å². The molecule has 1 aromatic carbocycles. The molecule has 0 unspecified atom stereocenters. The third kappa shape index (κ3) is 3.47. The molecule has 0 saturated carbocycles. The van der Waals surface area contributed by atoms with Crippen LogP contribution in [0.25, 0.3) is 5.69 Å². The van der Waals surface area contributed by atoms with Gasteiger partial charge in [-0.2, -0.15) is 5.10 Å². The summed E-state index contributed by atoms with van der Waals surface area (Å²) < 4.78 is 1.94. The summed E-state index contributed by atoms with van der Waals surface area (Å²) >= 11 is 0. The molecule has 3 N–H and O–H groups in total. The SMILES string of the molecule is Cc1ccc(-n2nc(NC3CCN(C(N)=O)CC3)cc2C)cc1. The van der Waals surface area contributed by atoms with Gasteiger partial charge in [-0.15, -0.1) is 0 Å². The number of hydrogen-bond acceptors (Lipinski definition) is 3. The third-order valence-corrected chi connectivity index (χ3v) is 4.32. The third-order valence-electron chi connectivity index (χ3n) is 4.32. The Morgan fingerprint density at radius 1 is 1.22 bits per heavy atom. The van der Waals surface area contributed by atoms with E-state index < -0.39 is 0 Å². The van der Waals surface area contributed by atoms with Crippen LogP contribution in [0.5, 0.6) is 0 Å². The zero-order valence-electron chi connectivity index (χ0n) is 13.6. The van der Waals surface area contributed by atoms with Gasteiger partial charge in [0.05, 0.1) is 5.69 Å². The second kappa shape index (κ2) is 6.32. The monoisotopic (exact) mass is 313 g/mol. The molecule has 2 aromatic rings. The molecule has 2 amide bonds. The van der Waals surface area contributed by atoms with Gasteiger partial charge >= 0.3 is 6.03 Å². The van der Waals surface area contributed by atoms with E-state index in [1.165, 1.54) is 5.56 Å². The topological polar surface area (TPSA) is 76.2 Å². The second-order valence-corrected chi connectivity index (χ2v) is 6.16. The van der Waals surface area contributed by atoms with Crippen LogP contribution >= 0.6 is 0 Å². The first kappa shape index (κ1) is 15.4. The van der Waals surface area contributed by atoms with Gasteiger partial charge in [-0.05, 0) is 38.8 Å². The van der Waals surface area contributed by atoms with Crippen molar-refractivity contribution in [3.63, 3.8) is 0 Å². The van der Waals surface area contributed by atoms with E-state index in [1.54, 1.807) is 4.90 Å². The summed E-state index contributed by atoms with van der Waals surface area (Å²) in [5.41, 5.74) is 8.70. The normalized spacial score (nSPS) is 15.7. The lowest BCUT2D eigenvalue weighted by atomic mass is 10.1. The maximum Gasteiger partial charge on any atom is 0.314 e. The van der Waals surface area contributed by atoms with Crippen molar-refractivity contribution in [1.29, 1.82) is 0 Å². The first-order valence-electron chi connectivity index (χ1n) is 7.97. The molecule has 1 fully saturated rings. The van der Waals surface area contributed by atoms with Crippen LogP contribution < -0.4 is 11.1 Å². The quantitative estimate of drug-likeness (QED) is 0.914. The Hall–Kier alpha value is -2.50. The van der Waals surface area contributed by atoms with Crippen LogP contribution in [0.2, 0.25) is 0 Å². The van der Waals surface area contributed by atoms with Crippen LogP contribution in [-0.2, 0) is 0 Å². The molecule has 0 aliphatic carbocycles. The molecule has 2 heterocycles. The Balaban J connectivity index is 1.67. The van der Waals surface area contributed by atoms with Crippen LogP contribution in [0.15, 0.2) is 30.3 Å². The first-order valence-corrected chi connectivity index (χ1v) is 7.97. The minimum Gasteiger partial charge on any atom is -0.366 e. The number of amides is 2. The molecule has 1 aliphatic rings. The van der Waals surface area contributed by atoms with Crippen molar-refractivity contribution in [2.75, 3.05) is 18.4 Å². The van der Waals surface area contributed by atoms with Crippen LogP contribution in [0, 0.1) is 13.8 Å². The number of carbonyl (C=O) groups excluding carboxylic acids is 1. The summed E-state index contributed by atoms with van der Waals surface area (Å²) in [6.45, 7) is 5.52. The maximum atomic E-state index is 11.2.